The minimum atomic E-state index is -0.631. The average molecular weight is 392 g/mol. The van der Waals surface area contributed by atoms with E-state index in [1.165, 1.54) is 0 Å². The summed E-state index contributed by atoms with van der Waals surface area (Å²) in [7, 11) is 0. The molecule has 29 heavy (non-hydrogen) atoms. The number of aromatic nitrogens is 3. The van der Waals surface area contributed by atoms with E-state index in [9.17, 15) is 5.11 Å². The Bertz CT molecular complexity index is 989. The van der Waals surface area contributed by atoms with Crippen molar-refractivity contribution in [2.75, 3.05) is 32.8 Å². The van der Waals surface area contributed by atoms with Crippen LogP contribution in [0, 0.1) is 11.8 Å². The molecule has 7 nitrogen and oxygen atoms in total. The van der Waals surface area contributed by atoms with Gasteiger partial charge in [-0.15, -0.1) is 0 Å². The van der Waals surface area contributed by atoms with Gasteiger partial charge in [-0.1, -0.05) is 17.0 Å². The highest BCUT2D eigenvalue weighted by Gasteiger charge is 2.12. The molecule has 1 fully saturated rings. The van der Waals surface area contributed by atoms with Crippen molar-refractivity contribution in [2.45, 2.75) is 19.6 Å². The molecule has 4 rings (SSSR count). The number of imidazole rings is 1. The average Bonchev–Trinajstić information content (AvgIpc) is 3.39. The summed E-state index contributed by atoms with van der Waals surface area (Å²) in [4.78, 5) is 6.47. The monoisotopic (exact) mass is 392 g/mol. The number of aliphatic hydroxyl groups excluding tert-OH is 1. The molecule has 0 amide bonds. The van der Waals surface area contributed by atoms with Crippen LogP contribution in [0.5, 0.6) is 0 Å². The lowest BCUT2D eigenvalue weighted by molar-refractivity contribution is 0.0443. The molecule has 7 heteroatoms. The van der Waals surface area contributed by atoms with Gasteiger partial charge in [0.05, 0.1) is 26.3 Å². The van der Waals surface area contributed by atoms with E-state index in [0.29, 0.717) is 18.1 Å². The maximum Gasteiger partial charge on any atom is 0.167 e. The van der Waals surface area contributed by atoms with Crippen LogP contribution in [0.2, 0.25) is 0 Å². The second kappa shape index (κ2) is 9.05. The first-order valence-corrected chi connectivity index (χ1v) is 9.73. The molecule has 0 unspecified atom stereocenters. The van der Waals surface area contributed by atoms with E-state index < -0.39 is 6.10 Å². The first kappa shape index (κ1) is 19.4. The molecular weight excluding hydrogens is 368 g/mol. The van der Waals surface area contributed by atoms with Crippen LogP contribution < -0.4 is 0 Å². The lowest BCUT2D eigenvalue weighted by Gasteiger charge is -2.24. The van der Waals surface area contributed by atoms with Crippen molar-refractivity contribution in [1.29, 1.82) is 0 Å². The SMILES string of the molecule is C[C@H](O)c1nccn1Cc1cc(-c2ccc(C#CCN3CCOCC3)cc2)on1. The quantitative estimate of drug-likeness (QED) is 0.672. The van der Waals surface area contributed by atoms with Crippen molar-refractivity contribution in [3.8, 4) is 23.2 Å². The largest absolute Gasteiger partial charge is 0.385 e. The first-order chi connectivity index (χ1) is 14.2. The first-order valence-electron chi connectivity index (χ1n) is 9.73. The zero-order valence-electron chi connectivity index (χ0n) is 16.4. The second-order valence-electron chi connectivity index (χ2n) is 7.04. The summed E-state index contributed by atoms with van der Waals surface area (Å²) in [5.74, 6) is 7.75. The van der Waals surface area contributed by atoms with Gasteiger partial charge in [-0.2, -0.15) is 0 Å². The van der Waals surface area contributed by atoms with Crippen LogP contribution in [0.15, 0.2) is 47.2 Å². The summed E-state index contributed by atoms with van der Waals surface area (Å²) < 4.78 is 12.7. The highest BCUT2D eigenvalue weighted by molar-refractivity contribution is 5.59. The van der Waals surface area contributed by atoms with Crippen molar-refractivity contribution in [3.63, 3.8) is 0 Å². The lowest BCUT2D eigenvalue weighted by atomic mass is 10.1. The van der Waals surface area contributed by atoms with E-state index in [2.05, 4.69) is 26.9 Å². The third kappa shape index (κ3) is 4.93. The number of morpholine rings is 1. The molecule has 1 saturated heterocycles. The zero-order chi connectivity index (χ0) is 20.1. The number of hydrogen-bond acceptors (Lipinski definition) is 6. The number of benzene rings is 1. The standard InChI is InChI=1S/C22H24N4O3/c1-17(27)22-23-8-10-26(22)16-20-15-21(29-24-20)19-6-4-18(5-7-19)3-2-9-25-11-13-28-14-12-25/h4-8,10,15,17,27H,9,11-14,16H2,1H3/t17-/m0/s1. The number of hydrogen-bond donors (Lipinski definition) is 1. The molecular formula is C22H24N4O3. The molecule has 3 aromatic rings. The van der Waals surface area contributed by atoms with Crippen LogP contribution in [0.25, 0.3) is 11.3 Å². The van der Waals surface area contributed by atoms with Crippen LogP contribution >= 0.6 is 0 Å². The molecule has 2 aromatic heterocycles. The lowest BCUT2D eigenvalue weighted by Crippen LogP contribution is -2.36. The van der Waals surface area contributed by atoms with Crippen molar-refractivity contribution in [1.82, 2.24) is 19.6 Å². The van der Waals surface area contributed by atoms with Gasteiger partial charge in [0.2, 0.25) is 0 Å². The van der Waals surface area contributed by atoms with E-state index in [0.717, 1.165) is 49.7 Å². The fourth-order valence-electron chi connectivity index (χ4n) is 3.25. The molecule has 1 N–H and O–H groups in total. The van der Waals surface area contributed by atoms with Crippen LogP contribution in [0.3, 0.4) is 0 Å². The third-order valence-electron chi connectivity index (χ3n) is 4.82. The zero-order valence-corrected chi connectivity index (χ0v) is 16.4. The topological polar surface area (TPSA) is 76.6 Å². The van der Waals surface area contributed by atoms with Gasteiger partial charge >= 0.3 is 0 Å². The molecule has 1 aliphatic rings. The van der Waals surface area contributed by atoms with Gasteiger partial charge in [0.1, 0.15) is 17.6 Å². The Morgan fingerprint density at radius 3 is 2.76 bits per heavy atom. The smallest absolute Gasteiger partial charge is 0.167 e. The Balaban J connectivity index is 1.39. The maximum atomic E-state index is 9.77. The van der Waals surface area contributed by atoms with Gasteiger partial charge < -0.3 is 18.9 Å². The summed E-state index contributed by atoms with van der Waals surface area (Å²) in [5.41, 5.74) is 2.69. The van der Waals surface area contributed by atoms with Gasteiger partial charge in [0.25, 0.3) is 0 Å². The van der Waals surface area contributed by atoms with Gasteiger partial charge in [-0.25, -0.2) is 4.98 Å². The number of aliphatic hydroxyl groups is 1. The van der Waals surface area contributed by atoms with Crippen molar-refractivity contribution in [2.24, 2.45) is 0 Å². The number of rotatable bonds is 5. The minimum absolute atomic E-state index is 0.495. The molecule has 0 aliphatic carbocycles. The Labute approximate surface area is 169 Å². The molecule has 3 heterocycles. The summed E-state index contributed by atoms with van der Waals surface area (Å²) in [5, 5.41) is 13.9. The van der Waals surface area contributed by atoms with Gasteiger partial charge in [0.15, 0.2) is 5.76 Å². The summed E-state index contributed by atoms with van der Waals surface area (Å²) >= 11 is 0. The van der Waals surface area contributed by atoms with Crippen molar-refractivity contribution in [3.05, 3.63) is 59.8 Å². The molecule has 1 atom stereocenters. The molecule has 0 saturated carbocycles. The highest BCUT2D eigenvalue weighted by atomic mass is 16.5. The van der Waals surface area contributed by atoms with Crippen LogP contribution in [0.4, 0.5) is 0 Å². The molecule has 150 valence electrons. The Hall–Kier alpha value is -2.92. The van der Waals surface area contributed by atoms with E-state index in [1.54, 1.807) is 13.1 Å². The predicted molar refractivity (Wildman–Crippen MR) is 108 cm³/mol. The van der Waals surface area contributed by atoms with Crippen LogP contribution in [0.1, 0.15) is 30.1 Å². The maximum absolute atomic E-state index is 9.77. The van der Waals surface area contributed by atoms with E-state index in [-0.39, 0.29) is 0 Å². The van der Waals surface area contributed by atoms with Gasteiger partial charge in [0, 0.05) is 42.7 Å². The molecule has 0 spiro atoms. The van der Waals surface area contributed by atoms with E-state index in [4.69, 9.17) is 9.26 Å². The third-order valence-corrected chi connectivity index (χ3v) is 4.82. The summed E-state index contributed by atoms with van der Waals surface area (Å²) in [6.45, 7) is 6.42. The van der Waals surface area contributed by atoms with E-state index in [1.807, 2.05) is 41.1 Å². The Morgan fingerprint density at radius 2 is 2.00 bits per heavy atom. The Morgan fingerprint density at radius 1 is 1.21 bits per heavy atom. The van der Waals surface area contributed by atoms with Gasteiger partial charge in [-0.3, -0.25) is 4.90 Å². The Kier molecular flexibility index (Phi) is 6.06. The second-order valence-corrected chi connectivity index (χ2v) is 7.04. The van der Waals surface area contributed by atoms with Crippen LogP contribution in [-0.4, -0.2) is 57.6 Å². The predicted octanol–water partition coefficient (Wildman–Crippen LogP) is 2.32. The fraction of sp³-hybridized carbons (Fsp3) is 0.364. The normalized spacial score (nSPS) is 15.7. The number of nitrogens with zero attached hydrogens (tertiary/aromatic N) is 4. The molecule has 0 bridgehead atoms. The van der Waals surface area contributed by atoms with E-state index >= 15 is 0 Å². The summed E-state index contributed by atoms with van der Waals surface area (Å²) in [6.07, 6.45) is 2.86. The molecule has 0 radical (unpaired) electrons. The summed E-state index contributed by atoms with van der Waals surface area (Å²) in [6, 6.07) is 9.87. The minimum Gasteiger partial charge on any atom is -0.385 e. The van der Waals surface area contributed by atoms with Gasteiger partial charge in [-0.05, 0) is 31.2 Å². The molecule has 1 aromatic carbocycles. The van der Waals surface area contributed by atoms with Crippen molar-refractivity contribution >= 4 is 0 Å². The fourth-order valence-corrected chi connectivity index (χ4v) is 3.25. The highest BCUT2D eigenvalue weighted by Crippen LogP contribution is 2.22. The number of ether oxygens (including phenoxy) is 1. The van der Waals surface area contributed by atoms with Crippen molar-refractivity contribution < 1.29 is 14.4 Å². The van der Waals surface area contributed by atoms with Crippen LogP contribution in [-0.2, 0) is 11.3 Å². The molecule has 1 aliphatic heterocycles.